The zero-order chi connectivity index (χ0) is 13.0. The van der Waals surface area contributed by atoms with E-state index in [1.807, 2.05) is 0 Å². The minimum Gasteiger partial charge on any atom is -0.477 e. The molecule has 0 atom stereocenters. The maximum Gasteiger partial charge on any atom is 0.341 e. The fraction of sp³-hybridized carbons (Fsp3) is 0.667. The van der Waals surface area contributed by atoms with E-state index in [1.54, 1.807) is 18.7 Å². The summed E-state index contributed by atoms with van der Waals surface area (Å²) in [7, 11) is 1.80. The topological polar surface area (TPSA) is 58.4 Å². The Bertz CT molecular complexity index is 393. The Morgan fingerprint density at radius 3 is 2.29 bits per heavy atom. The van der Waals surface area contributed by atoms with Crippen LogP contribution < -0.4 is 4.90 Å². The lowest BCUT2D eigenvalue weighted by atomic mass is 10.2. The molecule has 0 amide bonds. The molecular weight excluding hydrogens is 218 g/mol. The van der Waals surface area contributed by atoms with Crippen molar-refractivity contribution in [3.63, 3.8) is 0 Å². The normalized spacial score (nSPS) is 10.6. The molecule has 1 rings (SSSR count). The molecule has 0 unspecified atom stereocenters. The van der Waals surface area contributed by atoms with Crippen LogP contribution in [0.4, 0.5) is 5.82 Å². The van der Waals surface area contributed by atoms with Gasteiger partial charge in [-0.1, -0.05) is 13.8 Å². The van der Waals surface area contributed by atoms with Gasteiger partial charge in [-0.3, -0.25) is 4.68 Å². The fourth-order valence-corrected chi connectivity index (χ4v) is 2.12. The zero-order valence-corrected chi connectivity index (χ0v) is 11.0. The molecule has 1 heterocycles. The maximum absolute atomic E-state index is 11.3. The molecule has 96 valence electrons. The Labute approximate surface area is 102 Å². The van der Waals surface area contributed by atoms with Crippen molar-refractivity contribution in [2.24, 2.45) is 7.05 Å². The first kappa shape index (κ1) is 13.5. The average Bonchev–Trinajstić information content (AvgIpc) is 2.53. The lowest BCUT2D eigenvalue weighted by molar-refractivity contribution is 0.0696. The fourth-order valence-electron chi connectivity index (χ4n) is 2.12. The van der Waals surface area contributed by atoms with Gasteiger partial charge in [0.2, 0.25) is 0 Å². The van der Waals surface area contributed by atoms with Gasteiger partial charge in [0.1, 0.15) is 11.4 Å². The van der Waals surface area contributed by atoms with E-state index in [-0.39, 0.29) is 0 Å². The van der Waals surface area contributed by atoms with Crippen molar-refractivity contribution in [1.82, 2.24) is 9.78 Å². The molecule has 0 fully saturated rings. The van der Waals surface area contributed by atoms with Crippen molar-refractivity contribution >= 4 is 11.8 Å². The number of aromatic carboxylic acids is 1. The highest BCUT2D eigenvalue weighted by atomic mass is 16.4. The van der Waals surface area contributed by atoms with Crippen LogP contribution in [-0.2, 0) is 7.05 Å². The predicted molar refractivity (Wildman–Crippen MR) is 67.7 cm³/mol. The summed E-state index contributed by atoms with van der Waals surface area (Å²) in [4.78, 5) is 13.4. The molecule has 0 aliphatic heterocycles. The van der Waals surface area contributed by atoms with E-state index in [9.17, 15) is 9.90 Å². The van der Waals surface area contributed by atoms with E-state index in [2.05, 4.69) is 23.8 Å². The lowest BCUT2D eigenvalue weighted by Crippen LogP contribution is -2.28. The van der Waals surface area contributed by atoms with Crippen LogP contribution in [-0.4, -0.2) is 33.9 Å². The second-order valence-corrected chi connectivity index (χ2v) is 4.20. The molecule has 0 aromatic carbocycles. The van der Waals surface area contributed by atoms with Crippen molar-refractivity contribution in [2.45, 2.75) is 33.6 Å². The van der Waals surface area contributed by atoms with Gasteiger partial charge in [0.15, 0.2) is 0 Å². The minimum absolute atomic E-state index is 0.328. The van der Waals surface area contributed by atoms with E-state index in [1.165, 1.54) is 0 Å². The molecular formula is C12H21N3O2. The SMILES string of the molecule is CCCN(CCC)c1c(C(=O)O)c(C)nn1C. The summed E-state index contributed by atoms with van der Waals surface area (Å²) in [5, 5.41) is 13.5. The number of aryl methyl sites for hydroxylation is 2. The molecule has 5 heteroatoms. The molecule has 0 saturated carbocycles. The van der Waals surface area contributed by atoms with E-state index in [4.69, 9.17) is 0 Å². The molecule has 0 bridgehead atoms. The number of hydrogen-bond donors (Lipinski definition) is 1. The van der Waals surface area contributed by atoms with Gasteiger partial charge < -0.3 is 10.0 Å². The highest BCUT2D eigenvalue weighted by molar-refractivity contribution is 5.94. The number of carbonyl (C=O) groups is 1. The van der Waals surface area contributed by atoms with Crippen LogP contribution in [0.5, 0.6) is 0 Å². The molecule has 5 nitrogen and oxygen atoms in total. The first-order valence-electron chi connectivity index (χ1n) is 6.04. The van der Waals surface area contributed by atoms with Gasteiger partial charge in [0, 0.05) is 20.1 Å². The summed E-state index contributed by atoms with van der Waals surface area (Å²) in [6.45, 7) is 7.63. The van der Waals surface area contributed by atoms with Crippen LogP contribution in [0.3, 0.4) is 0 Å². The van der Waals surface area contributed by atoms with Gasteiger partial charge in [0.25, 0.3) is 0 Å². The van der Waals surface area contributed by atoms with Crippen molar-refractivity contribution in [3.8, 4) is 0 Å². The lowest BCUT2D eigenvalue weighted by Gasteiger charge is -2.24. The number of aromatic nitrogens is 2. The van der Waals surface area contributed by atoms with E-state index < -0.39 is 5.97 Å². The Morgan fingerprint density at radius 2 is 1.88 bits per heavy atom. The first-order chi connectivity index (χ1) is 8.02. The third-order valence-corrected chi connectivity index (χ3v) is 2.69. The van der Waals surface area contributed by atoms with Crippen LogP contribution in [0.2, 0.25) is 0 Å². The van der Waals surface area contributed by atoms with Crippen molar-refractivity contribution in [2.75, 3.05) is 18.0 Å². The molecule has 1 aromatic heterocycles. The van der Waals surface area contributed by atoms with Crippen molar-refractivity contribution in [3.05, 3.63) is 11.3 Å². The third-order valence-electron chi connectivity index (χ3n) is 2.69. The van der Waals surface area contributed by atoms with Crippen LogP contribution in [0, 0.1) is 6.92 Å². The molecule has 0 radical (unpaired) electrons. The Balaban J connectivity index is 3.20. The van der Waals surface area contributed by atoms with E-state index in [0.29, 0.717) is 11.3 Å². The smallest absolute Gasteiger partial charge is 0.341 e. The van der Waals surface area contributed by atoms with Crippen LogP contribution in [0.15, 0.2) is 0 Å². The summed E-state index contributed by atoms with van der Waals surface area (Å²) >= 11 is 0. The molecule has 0 aliphatic carbocycles. The summed E-state index contributed by atoms with van der Waals surface area (Å²) in [6.07, 6.45) is 1.98. The average molecular weight is 239 g/mol. The molecule has 1 N–H and O–H groups in total. The number of hydrogen-bond acceptors (Lipinski definition) is 3. The maximum atomic E-state index is 11.3. The third kappa shape index (κ3) is 2.78. The van der Waals surface area contributed by atoms with Gasteiger partial charge in [-0.15, -0.1) is 0 Å². The number of rotatable bonds is 6. The van der Waals surface area contributed by atoms with Gasteiger partial charge in [-0.2, -0.15) is 5.10 Å². The summed E-state index contributed by atoms with van der Waals surface area (Å²) < 4.78 is 1.67. The molecule has 17 heavy (non-hydrogen) atoms. The number of nitrogens with zero attached hydrogens (tertiary/aromatic N) is 3. The van der Waals surface area contributed by atoms with E-state index >= 15 is 0 Å². The number of carboxylic acids is 1. The highest BCUT2D eigenvalue weighted by Gasteiger charge is 2.23. The monoisotopic (exact) mass is 239 g/mol. The molecule has 1 aromatic rings. The van der Waals surface area contributed by atoms with Gasteiger partial charge in [-0.05, 0) is 19.8 Å². The van der Waals surface area contributed by atoms with Crippen LogP contribution >= 0.6 is 0 Å². The number of anilines is 1. The van der Waals surface area contributed by atoms with Gasteiger partial charge >= 0.3 is 5.97 Å². The Kier molecular flexibility index (Phi) is 4.54. The van der Waals surface area contributed by atoms with Crippen LogP contribution in [0.1, 0.15) is 42.7 Å². The molecule has 0 aliphatic rings. The quantitative estimate of drug-likeness (QED) is 0.825. The summed E-state index contributed by atoms with van der Waals surface area (Å²) in [6, 6.07) is 0. The predicted octanol–water partition coefficient (Wildman–Crippen LogP) is 2.05. The largest absolute Gasteiger partial charge is 0.477 e. The molecule has 0 saturated heterocycles. The highest BCUT2D eigenvalue weighted by Crippen LogP contribution is 2.23. The van der Waals surface area contributed by atoms with E-state index in [0.717, 1.165) is 31.7 Å². The number of carboxylic acid groups (broad SMARTS) is 1. The standard InChI is InChI=1S/C12H21N3O2/c1-5-7-15(8-6-2)11-10(12(16)17)9(3)13-14(11)4/h5-8H2,1-4H3,(H,16,17). The van der Waals surface area contributed by atoms with Crippen LogP contribution in [0.25, 0.3) is 0 Å². The van der Waals surface area contributed by atoms with Gasteiger partial charge in [-0.25, -0.2) is 4.79 Å². The Morgan fingerprint density at radius 1 is 1.35 bits per heavy atom. The second-order valence-electron chi connectivity index (χ2n) is 4.20. The minimum atomic E-state index is -0.900. The second kappa shape index (κ2) is 5.70. The first-order valence-corrected chi connectivity index (χ1v) is 6.04. The molecule has 0 spiro atoms. The van der Waals surface area contributed by atoms with Crippen molar-refractivity contribution < 1.29 is 9.90 Å². The zero-order valence-electron chi connectivity index (χ0n) is 11.0. The summed E-state index contributed by atoms with van der Waals surface area (Å²) in [5.74, 6) is -0.179. The van der Waals surface area contributed by atoms with Gasteiger partial charge in [0.05, 0.1) is 5.69 Å². The summed E-state index contributed by atoms with van der Waals surface area (Å²) in [5.41, 5.74) is 0.904. The van der Waals surface area contributed by atoms with Crippen molar-refractivity contribution in [1.29, 1.82) is 0 Å². The Hall–Kier alpha value is -1.52.